The van der Waals surface area contributed by atoms with Gasteiger partial charge in [-0.1, -0.05) is 6.07 Å². The minimum atomic E-state index is -0.776. The SMILES string of the molecule is CCN(CC)c1ccc2cc(C(N)=O)/c(=N\NC(=O)c3cccc([N+](=O)[O-])c3)oc2c1. The molecule has 0 spiro atoms. The molecule has 0 radical (unpaired) electrons. The maximum Gasteiger partial charge on any atom is 0.271 e. The first kappa shape index (κ1) is 21.5. The fraction of sp³-hybridized carbons (Fsp3) is 0.190. The molecule has 2 aromatic carbocycles. The number of carbonyl (C=O) groups is 2. The van der Waals surface area contributed by atoms with Crippen molar-refractivity contribution in [1.82, 2.24) is 5.43 Å². The summed E-state index contributed by atoms with van der Waals surface area (Å²) in [6, 6.07) is 12.2. The van der Waals surface area contributed by atoms with E-state index >= 15 is 0 Å². The van der Waals surface area contributed by atoms with Crippen LogP contribution in [0, 0.1) is 10.1 Å². The van der Waals surface area contributed by atoms with Gasteiger partial charge in [0.2, 0.25) is 5.55 Å². The second kappa shape index (κ2) is 9.08. The number of benzene rings is 2. The van der Waals surface area contributed by atoms with Crippen LogP contribution in [-0.4, -0.2) is 29.8 Å². The lowest BCUT2D eigenvalue weighted by Gasteiger charge is -2.21. The number of nitrogens with zero attached hydrogens (tertiary/aromatic N) is 3. The summed E-state index contributed by atoms with van der Waals surface area (Å²) in [4.78, 5) is 36.7. The van der Waals surface area contributed by atoms with Crippen LogP contribution < -0.4 is 21.6 Å². The van der Waals surface area contributed by atoms with Crippen LogP contribution in [0.3, 0.4) is 0 Å². The van der Waals surface area contributed by atoms with E-state index in [-0.39, 0.29) is 22.4 Å². The van der Waals surface area contributed by atoms with E-state index in [4.69, 9.17) is 10.2 Å². The Morgan fingerprint density at radius 3 is 2.55 bits per heavy atom. The Morgan fingerprint density at radius 1 is 1.16 bits per heavy atom. The summed E-state index contributed by atoms with van der Waals surface area (Å²) in [6.07, 6.45) is 0. The van der Waals surface area contributed by atoms with Gasteiger partial charge in [-0.15, -0.1) is 5.10 Å². The van der Waals surface area contributed by atoms with Crippen LogP contribution in [0.4, 0.5) is 11.4 Å². The maximum atomic E-state index is 12.4. The molecule has 160 valence electrons. The summed E-state index contributed by atoms with van der Waals surface area (Å²) in [5.74, 6) is -1.48. The summed E-state index contributed by atoms with van der Waals surface area (Å²) in [7, 11) is 0. The number of primary amides is 1. The summed E-state index contributed by atoms with van der Waals surface area (Å²) in [5.41, 5.74) is 8.70. The zero-order chi connectivity index (χ0) is 22.5. The fourth-order valence-electron chi connectivity index (χ4n) is 3.08. The highest BCUT2D eigenvalue weighted by Gasteiger charge is 2.14. The second-order valence-electron chi connectivity index (χ2n) is 6.58. The van der Waals surface area contributed by atoms with Crippen LogP contribution in [0.15, 0.2) is 58.0 Å². The van der Waals surface area contributed by atoms with E-state index in [0.717, 1.165) is 24.8 Å². The average molecular weight is 423 g/mol. The number of rotatable bonds is 7. The van der Waals surface area contributed by atoms with Gasteiger partial charge in [-0.25, -0.2) is 5.43 Å². The molecule has 0 aliphatic rings. The standard InChI is InChI=1S/C21H21N5O5/c1-3-25(4-2)15-9-8-13-11-17(19(22)27)21(31-18(13)12-15)24-23-20(28)14-6-5-7-16(10-14)26(29)30/h5-12H,3-4H2,1-2H3,(H2,22,27)(H,23,28)/b24-21+. The Kier molecular flexibility index (Phi) is 6.29. The number of anilines is 1. The largest absolute Gasteiger partial charge is 0.436 e. The van der Waals surface area contributed by atoms with Crippen LogP contribution in [0.2, 0.25) is 0 Å². The Balaban J connectivity index is 2.02. The van der Waals surface area contributed by atoms with Gasteiger partial charge >= 0.3 is 0 Å². The predicted octanol–water partition coefficient (Wildman–Crippen LogP) is 2.53. The molecule has 10 nitrogen and oxygen atoms in total. The van der Waals surface area contributed by atoms with Gasteiger partial charge in [0.1, 0.15) is 11.1 Å². The van der Waals surface area contributed by atoms with E-state index in [9.17, 15) is 19.7 Å². The first-order valence-corrected chi connectivity index (χ1v) is 9.55. The number of amides is 2. The first-order valence-electron chi connectivity index (χ1n) is 9.55. The van der Waals surface area contributed by atoms with Crippen molar-refractivity contribution in [3.63, 3.8) is 0 Å². The van der Waals surface area contributed by atoms with Crippen molar-refractivity contribution in [3.05, 3.63) is 75.3 Å². The Hall–Kier alpha value is -4.21. The van der Waals surface area contributed by atoms with Gasteiger partial charge < -0.3 is 15.1 Å². The average Bonchev–Trinajstić information content (AvgIpc) is 2.77. The molecule has 1 aromatic heterocycles. The lowest BCUT2D eigenvalue weighted by atomic mass is 10.1. The molecule has 10 heteroatoms. The number of nitro groups is 1. The Labute approximate surface area is 177 Å². The van der Waals surface area contributed by atoms with Crippen molar-refractivity contribution >= 4 is 34.2 Å². The lowest BCUT2D eigenvalue weighted by Crippen LogP contribution is -2.27. The van der Waals surface area contributed by atoms with E-state index in [1.54, 1.807) is 0 Å². The zero-order valence-electron chi connectivity index (χ0n) is 17.0. The van der Waals surface area contributed by atoms with Gasteiger partial charge in [-0.2, -0.15) is 0 Å². The molecule has 0 unspecified atom stereocenters. The van der Waals surface area contributed by atoms with E-state index in [0.29, 0.717) is 11.0 Å². The molecule has 3 N–H and O–H groups in total. The molecule has 0 saturated carbocycles. The summed E-state index contributed by atoms with van der Waals surface area (Å²) >= 11 is 0. The van der Waals surface area contributed by atoms with Gasteiger partial charge in [0, 0.05) is 47.9 Å². The van der Waals surface area contributed by atoms with Gasteiger partial charge in [0.25, 0.3) is 17.5 Å². The third kappa shape index (κ3) is 4.69. The number of nitro benzene ring substituents is 1. The zero-order valence-corrected chi connectivity index (χ0v) is 17.0. The molecule has 0 aliphatic carbocycles. The number of nitrogens with two attached hydrogens (primary N) is 1. The van der Waals surface area contributed by atoms with Crippen LogP contribution >= 0.6 is 0 Å². The van der Waals surface area contributed by atoms with E-state index in [1.807, 2.05) is 32.0 Å². The predicted molar refractivity (Wildman–Crippen MR) is 114 cm³/mol. The number of hydrogen-bond donors (Lipinski definition) is 2. The normalized spacial score (nSPS) is 11.4. The van der Waals surface area contributed by atoms with E-state index in [1.165, 1.54) is 24.3 Å². The van der Waals surface area contributed by atoms with Gasteiger partial charge in [-0.05, 0) is 38.1 Å². The van der Waals surface area contributed by atoms with Crippen molar-refractivity contribution in [3.8, 4) is 0 Å². The molecule has 0 fully saturated rings. The summed E-state index contributed by atoms with van der Waals surface area (Å²) in [6.45, 7) is 5.67. The van der Waals surface area contributed by atoms with E-state index < -0.39 is 16.7 Å². The van der Waals surface area contributed by atoms with Crippen molar-refractivity contribution in [1.29, 1.82) is 0 Å². The minimum Gasteiger partial charge on any atom is -0.436 e. The number of hydrogen-bond acceptors (Lipinski definition) is 7. The highest BCUT2D eigenvalue weighted by molar-refractivity contribution is 5.96. The van der Waals surface area contributed by atoms with E-state index in [2.05, 4.69) is 15.4 Å². The topological polar surface area (TPSA) is 144 Å². The maximum absolute atomic E-state index is 12.4. The molecule has 3 aromatic rings. The smallest absolute Gasteiger partial charge is 0.271 e. The highest BCUT2D eigenvalue weighted by Crippen LogP contribution is 2.22. The first-order chi connectivity index (χ1) is 14.8. The second-order valence-corrected chi connectivity index (χ2v) is 6.58. The molecule has 1 heterocycles. The van der Waals surface area contributed by atoms with Crippen LogP contribution in [-0.2, 0) is 0 Å². The molecule has 0 bridgehead atoms. The van der Waals surface area contributed by atoms with Gasteiger partial charge in [0.15, 0.2) is 0 Å². The quantitative estimate of drug-likeness (QED) is 0.441. The van der Waals surface area contributed by atoms with Gasteiger partial charge in [-0.3, -0.25) is 19.7 Å². The number of fused-ring (bicyclic) bond motifs is 1. The molecule has 3 rings (SSSR count). The summed E-state index contributed by atoms with van der Waals surface area (Å²) in [5, 5.41) is 15.4. The Bertz CT molecular complexity index is 1230. The highest BCUT2D eigenvalue weighted by atomic mass is 16.6. The number of non-ortho nitro benzene ring substituents is 1. The van der Waals surface area contributed by atoms with Crippen LogP contribution in [0.25, 0.3) is 11.0 Å². The third-order valence-electron chi connectivity index (χ3n) is 4.71. The monoisotopic (exact) mass is 423 g/mol. The summed E-state index contributed by atoms with van der Waals surface area (Å²) < 4.78 is 5.77. The van der Waals surface area contributed by atoms with Gasteiger partial charge in [0.05, 0.1) is 4.92 Å². The third-order valence-corrected chi connectivity index (χ3v) is 4.71. The number of nitrogens with one attached hydrogen (secondary N) is 1. The molecule has 0 aliphatic heterocycles. The van der Waals surface area contributed by atoms with Crippen molar-refractivity contribution < 1.29 is 18.9 Å². The minimum absolute atomic E-state index is 0.0116. The van der Waals surface area contributed by atoms with Crippen molar-refractivity contribution in [2.75, 3.05) is 18.0 Å². The van der Waals surface area contributed by atoms with Crippen molar-refractivity contribution in [2.24, 2.45) is 10.8 Å². The Morgan fingerprint density at radius 2 is 1.90 bits per heavy atom. The fourth-order valence-corrected chi connectivity index (χ4v) is 3.08. The molecular formula is C21H21N5O5. The number of carbonyl (C=O) groups excluding carboxylic acids is 2. The molecule has 0 atom stereocenters. The van der Waals surface area contributed by atoms with Crippen LogP contribution in [0.1, 0.15) is 34.6 Å². The molecule has 0 saturated heterocycles. The lowest BCUT2D eigenvalue weighted by molar-refractivity contribution is -0.384. The molecule has 31 heavy (non-hydrogen) atoms. The van der Waals surface area contributed by atoms with Crippen molar-refractivity contribution in [2.45, 2.75) is 13.8 Å². The molecule has 2 amide bonds. The van der Waals surface area contributed by atoms with Crippen LogP contribution in [0.5, 0.6) is 0 Å². The molecular weight excluding hydrogens is 402 g/mol.